The first-order chi connectivity index (χ1) is 9.83. The molecule has 0 bridgehead atoms. The number of hydrogen-bond donors (Lipinski definition) is 2. The molecule has 0 unspecified atom stereocenters. The van der Waals surface area contributed by atoms with Gasteiger partial charge in [-0.1, -0.05) is 40.2 Å². The molecule has 0 amide bonds. The van der Waals surface area contributed by atoms with E-state index in [1.165, 1.54) is 0 Å². The number of sulfonamides is 1. The average molecular weight is 369 g/mol. The van der Waals surface area contributed by atoms with E-state index in [0.29, 0.717) is 16.8 Å². The molecule has 21 heavy (non-hydrogen) atoms. The summed E-state index contributed by atoms with van der Waals surface area (Å²) in [6, 6.07) is 10.9. The second-order valence-electron chi connectivity index (χ2n) is 4.84. The van der Waals surface area contributed by atoms with Crippen LogP contribution in [0.1, 0.15) is 16.7 Å². The van der Waals surface area contributed by atoms with Gasteiger partial charge in [0.05, 0.1) is 4.90 Å². The third-order valence-corrected chi connectivity index (χ3v) is 5.79. The number of hydrogen-bond acceptors (Lipinski definition) is 3. The third-order valence-electron chi connectivity index (χ3n) is 3.32. The molecule has 2 aromatic carbocycles. The molecule has 0 radical (unpaired) electrons. The molecule has 2 rings (SSSR count). The minimum atomic E-state index is -3.61. The zero-order valence-electron chi connectivity index (χ0n) is 11.9. The van der Waals surface area contributed by atoms with Gasteiger partial charge in [0.15, 0.2) is 0 Å². The van der Waals surface area contributed by atoms with Crippen molar-refractivity contribution in [3.8, 4) is 0 Å². The van der Waals surface area contributed by atoms with Gasteiger partial charge in [-0.15, -0.1) is 0 Å². The summed E-state index contributed by atoms with van der Waals surface area (Å²) in [7, 11) is -3.61. The van der Waals surface area contributed by atoms with Crippen LogP contribution in [0.4, 0.5) is 5.69 Å². The van der Waals surface area contributed by atoms with Crippen LogP contribution in [0.3, 0.4) is 0 Å². The van der Waals surface area contributed by atoms with Gasteiger partial charge >= 0.3 is 0 Å². The molecule has 0 aliphatic heterocycles. The van der Waals surface area contributed by atoms with Crippen molar-refractivity contribution in [3.05, 3.63) is 57.6 Å². The van der Waals surface area contributed by atoms with Gasteiger partial charge in [-0.25, -0.2) is 13.1 Å². The van der Waals surface area contributed by atoms with Gasteiger partial charge < -0.3 is 5.73 Å². The lowest BCUT2D eigenvalue weighted by atomic mass is 10.1. The molecule has 2 aromatic rings. The fourth-order valence-corrected chi connectivity index (χ4v) is 4.07. The second kappa shape index (κ2) is 6.17. The lowest BCUT2D eigenvalue weighted by molar-refractivity contribution is 0.580. The zero-order chi connectivity index (χ0) is 15.6. The molecule has 0 aromatic heterocycles. The van der Waals surface area contributed by atoms with E-state index in [2.05, 4.69) is 20.7 Å². The molecule has 0 fully saturated rings. The van der Waals surface area contributed by atoms with Crippen LogP contribution in [-0.4, -0.2) is 8.42 Å². The SMILES string of the molecule is Cc1ccc(N)c(C)c1S(=O)(=O)NCc1ccccc1Br. The fraction of sp³-hybridized carbons (Fsp3) is 0.200. The fourth-order valence-electron chi connectivity index (χ4n) is 2.14. The summed E-state index contributed by atoms with van der Waals surface area (Å²) in [6.07, 6.45) is 0. The molecule has 0 saturated carbocycles. The largest absolute Gasteiger partial charge is 0.398 e. The molecule has 6 heteroatoms. The van der Waals surface area contributed by atoms with Gasteiger partial charge in [-0.3, -0.25) is 0 Å². The molecular weight excluding hydrogens is 352 g/mol. The highest BCUT2D eigenvalue weighted by Gasteiger charge is 2.20. The van der Waals surface area contributed by atoms with Crippen molar-refractivity contribution < 1.29 is 8.42 Å². The molecule has 112 valence electrons. The minimum absolute atomic E-state index is 0.220. The third kappa shape index (κ3) is 3.45. The van der Waals surface area contributed by atoms with Gasteiger partial charge in [-0.05, 0) is 42.7 Å². The predicted molar refractivity (Wildman–Crippen MR) is 88.5 cm³/mol. The molecule has 0 aliphatic carbocycles. The first-order valence-electron chi connectivity index (χ1n) is 6.41. The Hall–Kier alpha value is -1.37. The number of aryl methyl sites for hydroxylation is 1. The second-order valence-corrected chi connectivity index (χ2v) is 7.40. The van der Waals surface area contributed by atoms with Gasteiger partial charge in [-0.2, -0.15) is 0 Å². The zero-order valence-corrected chi connectivity index (χ0v) is 14.3. The quantitative estimate of drug-likeness (QED) is 0.814. The van der Waals surface area contributed by atoms with Crippen molar-refractivity contribution in [3.63, 3.8) is 0 Å². The Labute approximate surface area is 133 Å². The molecule has 0 aliphatic rings. The normalized spacial score (nSPS) is 11.6. The number of nitrogens with one attached hydrogen (secondary N) is 1. The molecule has 0 atom stereocenters. The van der Waals surface area contributed by atoms with Crippen LogP contribution in [0.2, 0.25) is 0 Å². The van der Waals surface area contributed by atoms with Gasteiger partial charge in [0.2, 0.25) is 10.0 Å². The van der Waals surface area contributed by atoms with Gasteiger partial charge in [0.25, 0.3) is 0 Å². The first-order valence-corrected chi connectivity index (χ1v) is 8.69. The van der Waals surface area contributed by atoms with E-state index in [-0.39, 0.29) is 11.4 Å². The molecule has 4 nitrogen and oxygen atoms in total. The van der Waals surface area contributed by atoms with E-state index < -0.39 is 10.0 Å². The average Bonchev–Trinajstić information content (AvgIpc) is 2.42. The minimum Gasteiger partial charge on any atom is -0.398 e. The van der Waals surface area contributed by atoms with E-state index in [1.807, 2.05) is 24.3 Å². The van der Waals surface area contributed by atoms with Crippen molar-refractivity contribution in [2.45, 2.75) is 25.3 Å². The lowest BCUT2D eigenvalue weighted by Crippen LogP contribution is -2.25. The highest BCUT2D eigenvalue weighted by molar-refractivity contribution is 9.10. The monoisotopic (exact) mass is 368 g/mol. The maximum atomic E-state index is 12.5. The maximum Gasteiger partial charge on any atom is 0.241 e. The van der Waals surface area contributed by atoms with E-state index in [0.717, 1.165) is 10.0 Å². The Morgan fingerprint density at radius 1 is 1.14 bits per heavy atom. The van der Waals surface area contributed by atoms with E-state index >= 15 is 0 Å². The van der Waals surface area contributed by atoms with Crippen molar-refractivity contribution in [2.24, 2.45) is 0 Å². The lowest BCUT2D eigenvalue weighted by Gasteiger charge is -2.14. The molecule has 3 N–H and O–H groups in total. The Morgan fingerprint density at radius 2 is 1.81 bits per heavy atom. The smallest absolute Gasteiger partial charge is 0.241 e. The van der Waals surface area contributed by atoms with Crippen LogP contribution in [-0.2, 0) is 16.6 Å². The summed E-state index contributed by atoms with van der Waals surface area (Å²) in [5.41, 5.74) is 8.43. The van der Waals surface area contributed by atoms with Crippen molar-refractivity contribution in [1.82, 2.24) is 4.72 Å². The Bertz CT molecular complexity index is 773. The highest BCUT2D eigenvalue weighted by Crippen LogP contribution is 2.25. The number of anilines is 1. The van der Waals surface area contributed by atoms with Crippen molar-refractivity contribution >= 4 is 31.6 Å². The standard InChI is InChI=1S/C15H17BrN2O2S/c1-10-7-8-14(17)11(2)15(10)21(19,20)18-9-12-5-3-4-6-13(12)16/h3-8,18H,9,17H2,1-2H3. The number of rotatable bonds is 4. The van der Waals surface area contributed by atoms with Crippen molar-refractivity contribution in [1.29, 1.82) is 0 Å². The van der Waals surface area contributed by atoms with Gasteiger partial charge in [0, 0.05) is 16.7 Å². The molecular formula is C15H17BrN2O2S. The summed E-state index contributed by atoms with van der Waals surface area (Å²) in [5, 5.41) is 0. The highest BCUT2D eigenvalue weighted by atomic mass is 79.9. The first kappa shape index (κ1) is 16.0. The summed E-state index contributed by atoms with van der Waals surface area (Å²) >= 11 is 3.41. The predicted octanol–water partition coefficient (Wildman–Crippen LogP) is 3.13. The topological polar surface area (TPSA) is 72.2 Å². The summed E-state index contributed by atoms with van der Waals surface area (Å²) in [6.45, 7) is 3.70. The maximum absolute atomic E-state index is 12.5. The molecule has 0 heterocycles. The summed E-state index contributed by atoms with van der Waals surface area (Å²) in [4.78, 5) is 0.259. The Balaban J connectivity index is 2.32. The number of benzene rings is 2. The number of halogens is 1. The number of nitrogens with two attached hydrogens (primary N) is 1. The molecule has 0 spiro atoms. The van der Waals surface area contributed by atoms with E-state index in [1.54, 1.807) is 26.0 Å². The number of nitrogen functional groups attached to an aromatic ring is 1. The molecule has 0 saturated heterocycles. The van der Waals surface area contributed by atoms with E-state index in [4.69, 9.17) is 5.73 Å². The van der Waals surface area contributed by atoms with Crippen molar-refractivity contribution in [2.75, 3.05) is 5.73 Å². The van der Waals surface area contributed by atoms with E-state index in [9.17, 15) is 8.42 Å². The van der Waals surface area contributed by atoms with Crippen LogP contribution in [0.15, 0.2) is 45.8 Å². The Kier molecular flexibility index (Phi) is 4.70. The van der Waals surface area contributed by atoms with Crippen LogP contribution in [0.25, 0.3) is 0 Å². The summed E-state index contributed by atoms with van der Waals surface area (Å²) < 4.78 is 28.6. The van der Waals surface area contributed by atoms with Crippen LogP contribution >= 0.6 is 15.9 Å². The van der Waals surface area contributed by atoms with Crippen LogP contribution < -0.4 is 10.5 Å². The van der Waals surface area contributed by atoms with Gasteiger partial charge in [0.1, 0.15) is 0 Å². The summed E-state index contributed by atoms with van der Waals surface area (Å²) in [5.74, 6) is 0. The van der Waals surface area contributed by atoms with Crippen LogP contribution in [0, 0.1) is 13.8 Å². The van der Waals surface area contributed by atoms with Crippen LogP contribution in [0.5, 0.6) is 0 Å². The Morgan fingerprint density at radius 3 is 2.48 bits per heavy atom.